The minimum Gasteiger partial charge on any atom is -0.503 e. The van der Waals surface area contributed by atoms with Crippen molar-refractivity contribution in [2.45, 2.75) is 6.92 Å². The van der Waals surface area contributed by atoms with Gasteiger partial charge in [-0.05, 0) is 12.5 Å². The molecule has 112 valence electrons. The van der Waals surface area contributed by atoms with Gasteiger partial charge in [-0.2, -0.15) is 8.78 Å². The predicted molar refractivity (Wildman–Crippen MR) is 74.2 cm³/mol. The molecule has 0 saturated carbocycles. The van der Waals surface area contributed by atoms with Crippen molar-refractivity contribution < 1.29 is 22.7 Å². The van der Waals surface area contributed by atoms with E-state index in [2.05, 4.69) is 0 Å². The van der Waals surface area contributed by atoms with E-state index < -0.39 is 39.6 Å². The van der Waals surface area contributed by atoms with Gasteiger partial charge in [-0.1, -0.05) is 30.3 Å². The Labute approximate surface area is 122 Å². The molecule has 0 aliphatic heterocycles. The molecule has 2 aromatic carbocycles. The quantitative estimate of drug-likeness (QED) is 0.694. The van der Waals surface area contributed by atoms with E-state index in [9.17, 15) is 23.1 Å². The van der Waals surface area contributed by atoms with Crippen molar-refractivity contribution in [3.8, 4) is 16.9 Å². The molecule has 0 amide bonds. The number of fused-ring (bicyclic) bond motifs is 1. The molecule has 0 saturated heterocycles. The summed E-state index contributed by atoms with van der Waals surface area (Å²) in [6.45, 7) is 1.40. The van der Waals surface area contributed by atoms with E-state index in [1.807, 2.05) is 0 Å². The number of benzene rings is 2. The molecule has 6 heteroatoms. The highest BCUT2D eigenvalue weighted by molar-refractivity contribution is 5.85. The highest BCUT2D eigenvalue weighted by Gasteiger charge is 2.26. The van der Waals surface area contributed by atoms with Gasteiger partial charge in [0.1, 0.15) is 11.1 Å². The Hall–Kier alpha value is -2.76. The number of phenols is 1. The average molecular weight is 306 g/mol. The summed E-state index contributed by atoms with van der Waals surface area (Å²) in [7, 11) is 0. The fourth-order valence-corrected chi connectivity index (χ4v) is 2.35. The molecule has 0 fully saturated rings. The van der Waals surface area contributed by atoms with E-state index in [0.29, 0.717) is 5.56 Å². The van der Waals surface area contributed by atoms with E-state index in [4.69, 9.17) is 4.42 Å². The summed E-state index contributed by atoms with van der Waals surface area (Å²) in [6, 6.07) is 8.23. The van der Waals surface area contributed by atoms with Crippen LogP contribution in [0.3, 0.4) is 0 Å². The number of phenolic OH excluding ortho intramolecular Hbond substituents is 1. The van der Waals surface area contributed by atoms with Crippen molar-refractivity contribution in [1.29, 1.82) is 0 Å². The SMILES string of the molecule is Cc1oc2c(F)c(O)c(F)c(F)c2c(=O)c1-c1ccccc1. The first-order valence-corrected chi connectivity index (χ1v) is 6.31. The summed E-state index contributed by atoms with van der Waals surface area (Å²) in [5.41, 5.74) is -1.26. The van der Waals surface area contributed by atoms with Gasteiger partial charge < -0.3 is 9.52 Å². The van der Waals surface area contributed by atoms with Crippen molar-refractivity contribution in [1.82, 2.24) is 0 Å². The lowest BCUT2D eigenvalue weighted by Gasteiger charge is -2.09. The van der Waals surface area contributed by atoms with Crippen LogP contribution >= 0.6 is 0 Å². The van der Waals surface area contributed by atoms with Crippen LogP contribution in [0.4, 0.5) is 13.2 Å². The summed E-state index contributed by atoms with van der Waals surface area (Å²) < 4.78 is 46.4. The van der Waals surface area contributed by atoms with Crippen molar-refractivity contribution in [2.75, 3.05) is 0 Å². The Morgan fingerprint density at radius 1 is 1.00 bits per heavy atom. The van der Waals surface area contributed by atoms with E-state index in [1.165, 1.54) is 6.92 Å². The summed E-state index contributed by atoms with van der Waals surface area (Å²) in [5.74, 6) is -6.44. The maximum absolute atomic E-state index is 14.0. The zero-order valence-electron chi connectivity index (χ0n) is 11.3. The lowest BCUT2D eigenvalue weighted by molar-refractivity contribution is 0.375. The van der Waals surface area contributed by atoms with Gasteiger partial charge in [0.25, 0.3) is 0 Å². The molecule has 0 bridgehead atoms. The number of aryl methyl sites for hydroxylation is 1. The molecule has 0 unspecified atom stereocenters. The van der Waals surface area contributed by atoms with E-state index in [1.54, 1.807) is 30.3 Å². The van der Waals surface area contributed by atoms with Crippen molar-refractivity contribution in [3.05, 3.63) is 63.8 Å². The second kappa shape index (κ2) is 4.91. The number of rotatable bonds is 1. The summed E-state index contributed by atoms with van der Waals surface area (Å²) in [4.78, 5) is 12.5. The third-order valence-corrected chi connectivity index (χ3v) is 3.38. The van der Waals surface area contributed by atoms with Crippen LogP contribution in [0, 0.1) is 24.4 Å². The van der Waals surface area contributed by atoms with Crippen molar-refractivity contribution >= 4 is 11.0 Å². The van der Waals surface area contributed by atoms with Gasteiger partial charge in [0.2, 0.25) is 17.1 Å². The van der Waals surface area contributed by atoms with Gasteiger partial charge in [-0.3, -0.25) is 4.79 Å². The van der Waals surface area contributed by atoms with E-state index in [0.717, 1.165) is 0 Å². The van der Waals surface area contributed by atoms with Crippen LogP contribution in [0.15, 0.2) is 39.5 Å². The molecule has 3 rings (SSSR count). The summed E-state index contributed by atoms with van der Waals surface area (Å²) in [6.07, 6.45) is 0. The summed E-state index contributed by atoms with van der Waals surface area (Å²) >= 11 is 0. The largest absolute Gasteiger partial charge is 0.503 e. The first-order chi connectivity index (χ1) is 10.4. The molecule has 0 spiro atoms. The number of halogens is 3. The highest BCUT2D eigenvalue weighted by Crippen LogP contribution is 2.33. The fourth-order valence-electron chi connectivity index (χ4n) is 2.35. The third kappa shape index (κ3) is 1.88. The zero-order chi connectivity index (χ0) is 16.0. The Kier molecular flexibility index (Phi) is 3.16. The minimum atomic E-state index is -1.82. The van der Waals surface area contributed by atoms with Gasteiger partial charge in [0.05, 0.1) is 5.56 Å². The van der Waals surface area contributed by atoms with Crippen LogP contribution < -0.4 is 5.43 Å². The van der Waals surface area contributed by atoms with E-state index in [-0.39, 0.29) is 11.3 Å². The van der Waals surface area contributed by atoms with Gasteiger partial charge in [0.15, 0.2) is 17.1 Å². The van der Waals surface area contributed by atoms with Gasteiger partial charge >= 0.3 is 0 Å². The number of hydrogen-bond acceptors (Lipinski definition) is 3. The normalized spacial score (nSPS) is 11.1. The highest BCUT2D eigenvalue weighted by atomic mass is 19.2. The average Bonchev–Trinajstić information content (AvgIpc) is 2.51. The first-order valence-electron chi connectivity index (χ1n) is 6.31. The molecule has 3 aromatic rings. The Morgan fingerprint density at radius 2 is 1.64 bits per heavy atom. The van der Waals surface area contributed by atoms with Crippen molar-refractivity contribution in [3.63, 3.8) is 0 Å². The van der Waals surface area contributed by atoms with Crippen LogP contribution in [-0.2, 0) is 0 Å². The monoisotopic (exact) mass is 306 g/mol. The Balaban J connectivity index is 2.52. The fraction of sp³-hybridized carbons (Fsp3) is 0.0625. The molecular formula is C16H9F3O3. The molecular weight excluding hydrogens is 297 g/mol. The number of hydrogen-bond donors (Lipinski definition) is 1. The lowest BCUT2D eigenvalue weighted by Crippen LogP contribution is -2.11. The molecule has 22 heavy (non-hydrogen) atoms. The molecule has 0 aliphatic carbocycles. The number of aromatic hydroxyl groups is 1. The Morgan fingerprint density at radius 3 is 2.27 bits per heavy atom. The van der Waals surface area contributed by atoms with Crippen LogP contribution in [-0.4, -0.2) is 5.11 Å². The molecule has 0 radical (unpaired) electrons. The maximum Gasteiger partial charge on any atom is 0.211 e. The zero-order valence-corrected chi connectivity index (χ0v) is 11.3. The molecule has 3 nitrogen and oxygen atoms in total. The molecule has 1 N–H and O–H groups in total. The summed E-state index contributed by atoms with van der Waals surface area (Å²) in [5, 5.41) is 8.34. The predicted octanol–water partition coefficient (Wildman–Crippen LogP) is 3.89. The lowest BCUT2D eigenvalue weighted by atomic mass is 10.0. The van der Waals surface area contributed by atoms with Crippen LogP contribution in [0.2, 0.25) is 0 Å². The van der Waals surface area contributed by atoms with Gasteiger partial charge in [-0.25, -0.2) is 4.39 Å². The standard InChI is InChI=1S/C16H9F3O3/c1-7-9(8-5-3-2-4-6-8)14(20)10-11(17)12(18)15(21)13(19)16(10)22-7/h2-6,21H,1H3. The molecule has 1 aromatic heterocycles. The van der Waals surface area contributed by atoms with Gasteiger partial charge in [0, 0.05) is 0 Å². The molecule has 1 heterocycles. The smallest absolute Gasteiger partial charge is 0.211 e. The van der Waals surface area contributed by atoms with Gasteiger partial charge in [-0.15, -0.1) is 0 Å². The van der Waals surface area contributed by atoms with Crippen LogP contribution in [0.25, 0.3) is 22.1 Å². The first kappa shape index (κ1) is 14.2. The molecule has 0 atom stereocenters. The van der Waals surface area contributed by atoms with Crippen molar-refractivity contribution in [2.24, 2.45) is 0 Å². The maximum atomic E-state index is 14.0. The van der Waals surface area contributed by atoms with E-state index >= 15 is 0 Å². The second-order valence-corrected chi connectivity index (χ2v) is 4.72. The Bertz CT molecular complexity index is 947. The minimum absolute atomic E-state index is 0.0106. The second-order valence-electron chi connectivity index (χ2n) is 4.72. The third-order valence-electron chi connectivity index (χ3n) is 3.38. The van der Waals surface area contributed by atoms with Crippen LogP contribution in [0.5, 0.6) is 5.75 Å². The topological polar surface area (TPSA) is 50.4 Å². The molecule has 0 aliphatic rings. The van der Waals surface area contributed by atoms with Crippen LogP contribution in [0.1, 0.15) is 5.76 Å².